The summed E-state index contributed by atoms with van der Waals surface area (Å²) in [5, 5.41) is 5.08. The molecule has 10 rings (SSSR count). The molecule has 0 saturated heterocycles. The molecule has 0 saturated carbocycles. The van der Waals surface area contributed by atoms with Crippen LogP contribution in [0.15, 0.2) is 218 Å². The smallest absolute Gasteiger partial charge is 0.0547 e. The van der Waals surface area contributed by atoms with Gasteiger partial charge < -0.3 is 9.47 Å². The van der Waals surface area contributed by atoms with Crippen molar-refractivity contribution in [2.75, 3.05) is 4.90 Å². The third kappa shape index (κ3) is 5.62. The summed E-state index contributed by atoms with van der Waals surface area (Å²) in [6.45, 7) is 0. The van der Waals surface area contributed by atoms with E-state index < -0.39 is 0 Å². The second-order valence-corrected chi connectivity index (χ2v) is 13.8. The lowest BCUT2D eigenvalue weighted by atomic mass is 9.98. The minimum atomic E-state index is 1.12. The molecule has 9 aromatic carbocycles. The molecular weight excluding hydrogens is 653 g/mol. The van der Waals surface area contributed by atoms with E-state index in [2.05, 4.69) is 228 Å². The standard InChI is InChI=1S/C52H36N2/c1-4-12-37(13-5-1)39-26-32-47(33-27-39)54-50-35-29-42-14-10-11-19-48(42)52(50)49-34-28-43(36-51(49)54)41-22-20-38(21-23-41)40-24-30-46(31-25-40)53(44-15-6-2-7-16-44)45-17-8-3-9-18-45/h1-36H. The van der Waals surface area contributed by atoms with E-state index in [-0.39, 0.29) is 0 Å². The van der Waals surface area contributed by atoms with Crippen LogP contribution in [0.3, 0.4) is 0 Å². The van der Waals surface area contributed by atoms with Crippen molar-refractivity contribution >= 4 is 49.6 Å². The number of rotatable bonds is 7. The third-order valence-electron chi connectivity index (χ3n) is 10.6. The van der Waals surface area contributed by atoms with Gasteiger partial charge >= 0.3 is 0 Å². The molecule has 0 radical (unpaired) electrons. The van der Waals surface area contributed by atoms with Crippen LogP contribution in [-0.2, 0) is 0 Å². The van der Waals surface area contributed by atoms with Gasteiger partial charge in [-0.15, -0.1) is 0 Å². The molecule has 54 heavy (non-hydrogen) atoms. The monoisotopic (exact) mass is 688 g/mol. The van der Waals surface area contributed by atoms with E-state index in [9.17, 15) is 0 Å². The Morgan fingerprint density at radius 1 is 0.296 bits per heavy atom. The molecule has 0 amide bonds. The van der Waals surface area contributed by atoms with Crippen LogP contribution in [0.1, 0.15) is 0 Å². The molecule has 0 aliphatic carbocycles. The van der Waals surface area contributed by atoms with E-state index >= 15 is 0 Å². The molecule has 1 heterocycles. The number of nitrogens with zero attached hydrogens (tertiary/aromatic N) is 2. The molecule has 0 aliphatic rings. The predicted molar refractivity (Wildman–Crippen MR) is 229 cm³/mol. The summed E-state index contributed by atoms with van der Waals surface area (Å²) in [5.74, 6) is 0. The van der Waals surface area contributed by atoms with Crippen molar-refractivity contribution in [3.05, 3.63) is 218 Å². The summed E-state index contributed by atoms with van der Waals surface area (Å²) in [7, 11) is 0. The van der Waals surface area contributed by atoms with Crippen LogP contribution in [0.5, 0.6) is 0 Å². The van der Waals surface area contributed by atoms with Gasteiger partial charge in [0.05, 0.1) is 11.0 Å². The zero-order chi connectivity index (χ0) is 35.8. The topological polar surface area (TPSA) is 8.17 Å². The van der Waals surface area contributed by atoms with Gasteiger partial charge in [0, 0.05) is 33.5 Å². The van der Waals surface area contributed by atoms with Gasteiger partial charge in [0.2, 0.25) is 0 Å². The summed E-state index contributed by atoms with van der Waals surface area (Å²) in [6, 6.07) is 78.7. The summed E-state index contributed by atoms with van der Waals surface area (Å²) in [6.07, 6.45) is 0. The first kappa shape index (κ1) is 31.6. The molecule has 254 valence electrons. The van der Waals surface area contributed by atoms with Crippen molar-refractivity contribution in [3.8, 4) is 39.1 Å². The highest BCUT2D eigenvalue weighted by Gasteiger charge is 2.17. The Labute approximate surface area is 315 Å². The Bertz CT molecular complexity index is 2830. The molecule has 0 atom stereocenters. The molecule has 0 bridgehead atoms. The fourth-order valence-electron chi connectivity index (χ4n) is 7.94. The summed E-state index contributed by atoms with van der Waals surface area (Å²) in [4.78, 5) is 2.29. The summed E-state index contributed by atoms with van der Waals surface area (Å²) in [5.41, 5.74) is 14.2. The average Bonchev–Trinajstić information content (AvgIpc) is 3.59. The van der Waals surface area contributed by atoms with Crippen molar-refractivity contribution in [3.63, 3.8) is 0 Å². The Kier molecular flexibility index (Phi) is 7.85. The summed E-state index contributed by atoms with van der Waals surface area (Å²) < 4.78 is 2.43. The van der Waals surface area contributed by atoms with Gasteiger partial charge in [-0.1, -0.05) is 158 Å². The molecule has 0 fully saturated rings. The van der Waals surface area contributed by atoms with Crippen LogP contribution in [0.2, 0.25) is 0 Å². The van der Waals surface area contributed by atoms with E-state index in [1.165, 1.54) is 66.0 Å². The van der Waals surface area contributed by atoms with Crippen molar-refractivity contribution in [1.82, 2.24) is 4.57 Å². The number of hydrogen-bond acceptors (Lipinski definition) is 1. The molecule has 0 unspecified atom stereocenters. The number of aromatic nitrogens is 1. The van der Waals surface area contributed by atoms with Crippen LogP contribution in [-0.4, -0.2) is 4.57 Å². The highest BCUT2D eigenvalue weighted by molar-refractivity contribution is 6.21. The first-order valence-electron chi connectivity index (χ1n) is 18.5. The third-order valence-corrected chi connectivity index (χ3v) is 10.6. The number of para-hydroxylation sites is 2. The van der Waals surface area contributed by atoms with E-state index in [4.69, 9.17) is 0 Å². The Balaban J connectivity index is 1.02. The number of benzene rings is 9. The zero-order valence-electron chi connectivity index (χ0n) is 29.7. The van der Waals surface area contributed by atoms with Gasteiger partial charge in [0.1, 0.15) is 0 Å². The normalized spacial score (nSPS) is 11.3. The molecule has 0 aliphatic heterocycles. The molecule has 2 nitrogen and oxygen atoms in total. The fraction of sp³-hybridized carbons (Fsp3) is 0. The molecule has 0 spiro atoms. The zero-order valence-corrected chi connectivity index (χ0v) is 29.7. The van der Waals surface area contributed by atoms with Crippen LogP contribution in [0, 0.1) is 0 Å². The average molecular weight is 689 g/mol. The molecular formula is C52H36N2. The molecule has 10 aromatic rings. The lowest BCUT2D eigenvalue weighted by Crippen LogP contribution is -2.09. The maximum Gasteiger partial charge on any atom is 0.0547 e. The van der Waals surface area contributed by atoms with Crippen molar-refractivity contribution in [1.29, 1.82) is 0 Å². The Morgan fingerprint density at radius 2 is 0.759 bits per heavy atom. The second-order valence-electron chi connectivity index (χ2n) is 13.8. The van der Waals surface area contributed by atoms with Gasteiger partial charge in [-0.2, -0.15) is 0 Å². The van der Waals surface area contributed by atoms with Crippen LogP contribution >= 0.6 is 0 Å². The number of hydrogen-bond donors (Lipinski definition) is 0. The largest absolute Gasteiger partial charge is 0.311 e. The summed E-state index contributed by atoms with van der Waals surface area (Å²) >= 11 is 0. The number of anilines is 3. The first-order valence-corrected chi connectivity index (χ1v) is 18.5. The maximum atomic E-state index is 2.43. The van der Waals surface area contributed by atoms with Crippen molar-refractivity contribution in [2.45, 2.75) is 0 Å². The van der Waals surface area contributed by atoms with Gasteiger partial charge in [-0.25, -0.2) is 0 Å². The number of fused-ring (bicyclic) bond motifs is 5. The molecule has 2 heteroatoms. The minimum absolute atomic E-state index is 1.12. The van der Waals surface area contributed by atoms with Crippen LogP contribution in [0.25, 0.3) is 71.6 Å². The second kappa shape index (κ2) is 13.4. The maximum absolute atomic E-state index is 2.43. The molecule has 0 N–H and O–H groups in total. The van der Waals surface area contributed by atoms with Gasteiger partial charge in [0.15, 0.2) is 0 Å². The van der Waals surface area contributed by atoms with Crippen LogP contribution < -0.4 is 4.90 Å². The van der Waals surface area contributed by atoms with E-state index in [0.29, 0.717) is 0 Å². The SMILES string of the molecule is c1ccc(-c2ccc(-n3c4cc(-c5ccc(-c6ccc(N(c7ccccc7)c7ccccc7)cc6)cc5)ccc4c4c5ccccc5ccc43)cc2)cc1. The van der Waals surface area contributed by atoms with Crippen molar-refractivity contribution < 1.29 is 0 Å². The minimum Gasteiger partial charge on any atom is -0.311 e. The fourth-order valence-corrected chi connectivity index (χ4v) is 7.94. The van der Waals surface area contributed by atoms with Crippen LogP contribution in [0.4, 0.5) is 17.1 Å². The van der Waals surface area contributed by atoms with E-state index in [1.54, 1.807) is 0 Å². The van der Waals surface area contributed by atoms with Crippen molar-refractivity contribution in [2.24, 2.45) is 0 Å². The predicted octanol–water partition coefficient (Wildman–Crippen LogP) is 14.4. The highest BCUT2D eigenvalue weighted by atomic mass is 15.1. The quantitative estimate of drug-likeness (QED) is 0.162. The van der Waals surface area contributed by atoms with E-state index in [1.807, 2.05) is 0 Å². The first-order chi connectivity index (χ1) is 26.8. The Morgan fingerprint density at radius 3 is 1.39 bits per heavy atom. The van der Waals surface area contributed by atoms with Gasteiger partial charge in [-0.05, 0) is 105 Å². The highest BCUT2D eigenvalue weighted by Crippen LogP contribution is 2.40. The molecule has 1 aromatic heterocycles. The Hall–Kier alpha value is -7.16. The van der Waals surface area contributed by atoms with Gasteiger partial charge in [-0.3, -0.25) is 0 Å². The van der Waals surface area contributed by atoms with E-state index in [0.717, 1.165) is 22.7 Å². The lowest BCUT2D eigenvalue weighted by molar-refractivity contribution is 1.18. The lowest BCUT2D eigenvalue weighted by Gasteiger charge is -2.25. The van der Waals surface area contributed by atoms with Gasteiger partial charge in [0.25, 0.3) is 0 Å².